The molecule has 1 amide bonds. The molecule has 6 nitrogen and oxygen atoms in total. The Kier molecular flexibility index (Phi) is 5.10. The molecular formula is C17H15BrN2O4S. The zero-order chi connectivity index (χ0) is 18.0. The number of halogens is 1. The van der Waals surface area contributed by atoms with Gasteiger partial charge in [0.25, 0.3) is 5.91 Å². The van der Waals surface area contributed by atoms with Gasteiger partial charge in [-0.05, 0) is 47.1 Å². The Hall–Kier alpha value is -2.32. The van der Waals surface area contributed by atoms with Gasteiger partial charge in [0, 0.05) is 6.07 Å². The van der Waals surface area contributed by atoms with E-state index in [9.17, 15) is 4.79 Å². The summed E-state index contributed by atoms with van der Waals surface area (Å²) < 4.78 is 16.7. The third-order valence-corrected chi connectivity index (χ3v) is 5.18. The first kappa shape index (κ1) is 17.5. The Morgan fingerprint density at radius 2 is 2.04 bits per heavy atom. The molecule has 2 aromatic heterocycles. The van der Waals surface area contributed by atoms with Crippen molar-refractivity contribution in [1.29, 1.82) is 0 Å². The van der Waals surface area contributed by atoms with Crippen molar-refractivity contribution in [2.75, 3.05) is 19.5 Å². The minimum absolute atomic E-state index is 0.329. The number of ether oxygens (including phenoxy) is 2. The number of nitrogens with one attached hydrogen (secondary N) is 1. The molecule has 0 fully saturated rings. The van der Waals surface area contributed by atoms with Crippen LogP contribution in [-0.4, -0.2) is 25.3 Å². The lowest BCUT2D eigenvalue weighted by molar-refractivity contribution is 0.102. The van der Waals surface area contributed by atoms with Crippen molar-refractivity contribution < 1.29 is 18.8 Å². The fourth-order valence-electron chi connectivity index (χ4n) is 2.35. The van der Waals surface area contributed by atoms with E-state index in [1.807, 2.05) is 12.1 Å². The molecule has 3 rings (SSSR count). The molecule has 0 unspecified atom stereocenters. The van der Waals surface area contributed by atoms with Gasteiger partial charge >= 0.3 is 0 Å². The third kappa shape index (κ3) is 3.54. The Balaban J connectivity index is 1.96. The second-order valence-corrected chi connectivity index (χ2v) is 7.55. The van der Waals surface area contributed by atoms with E-state index in [-0.39, 0.29) is 5.91 Å². The summed E-state index contributed by atoms with van der Waals surface area (Å²) in [6.07, 6.45) is 0. The van der Waals surface area contributed by atoms with E-state index < -0.39 is 0 Å². The number of aryl methyl sites for hydroxylation is 1. The maximum Gasteiger partial charge on any atom is 0.261 e. The van der Waals surface area contributed by atoms with Crippen LogP contribution in [0.5, 0.6) is 11.5 Å². The number of carbonyl (C=O) groups is 1. The highest BCUT2D eigenvalue weighted by Gasteiger charge is 2.23. The largest absolute Gasteiger partial charge is 0.497 e. The number of benzene rings is 1. The summed E-state index contributed by atoms with van der Waals surface area (Å²) in [6, 6.07) is 8.96. The van der Waals surface area contributed by atoms with Gasteiger partial charge in [-0.3, -0.25) is 4.79 Å². The topological polar surface area (TPSA) is 73.6 Å². The van der Waals surface area contributed by atoms with E-state index in [0.29, 0.717) is 34.2 Å². The second kappa shape index (κ2) is 7.28. The van der Waals surface area contributed by atoms with Crippen LogP contribution in [-0.2, 0) is 0 Å². The van der Waals surface area contributed by atoms with Gasteiger partial charge in [-0.25, -0.2) is 0 Å². The van der Waals surface area contributed by atoms with Gasteiger partial charge in [0.05, 0.1) is 28.6 Å². The first-order valence-electron chi connectivity index (χ1n) is 7.29. The highest BCUT2D eigenvalue weighted by molar-refractivity contribution is 9.11. The van der Waals surface area contributed by atoms with Crippen LogP contribution in [0, 0.1) is 6.92 Å². The van der Waals surface area contributed by atoms with E-state index in [4.69, 9.17) is 14.0 Å². The Bertz CT molecular complexity index is 919. The number of amides is 1. The lowest BCUT2D eigenvalue weighted by Gasteiger charge is -2.11. The lowest BCUT2D eigenvalue weighted by atomic mass is 10.1. The summed E-state index contributed by atoms with van der Waals surface area (Å²) in [4.78, 5) is 13.7. The normalized spacial score (nSPS) is 10.6. The fourth-order valence-corrected chi connectivity index (χ4v) is 3.72. The van der Waals surface area contributed by atoms with Crippen LogP contribution in [0.25, 0.3) is 10.6 Å². The van der Waals surface area contributed by atoms with Crippen molar-refractivity contribution in [1.82, 2.24) is 5.16 Å². The third-order valence-electron chi connectivity index (χ3n) is 3.55. The molecule has 1 N–H and O–H groups in total. The quantitative estimate of drug-likeness (QED) is 0.642. The van der Waals surface area contributed by atoms with Gasteiger partial charge < -0.3 is 19.3 Å². The number of anilines is 1. The van der Waals surface area contributed by atoms with Crippen LogP contribution in [0.15, 0.2) is 38.6 Å². The Morgan fingerprint density at radius 3 is 2.68 bits per heavy atom. The summed E-state index contributed by atoms with van der Waals surface area (Å²) in [7, 11) is 3.10. The molecule has 0 saturated heterocycles. The lowest BCUT2D eigenvalue weighted by Crippen LogP contribution is -2.14. The minimum Gasteiger partial charge on any atom is -0.497 e. The fraction of sp³-hybridized carbons (Fsp3) is 0.176. The average Bonchev–Trinajstić information content (AvgIpc) is 3.20. The molecule has 1 aromatic carbocycles. The summed E-state index contributed by atoms with van der Waals surface area (Å²) >= 11 is 4.89. The predicted molar refractivity (Wildman–Crippen MR) is 99.8 cm³/mol. The van der Waals surface area contributed by atoms with E-state index in [0.717, 1.165) is 8.66 Å². The Morgan fingerprint density at radius 1 is 1.24 bits per heavy atom. The standard InChI is InChI=1S/C17H15BrN2O4S/c1-9-15(16(20-24-9)13-6-7-14(18)25-13)17(21)19-11-8-10(22-2)4-5-12(11)23-3/h4-8H,1-3H3,(H,19,21). The van der Waals surface area contributed by atoms with E-state index in [1.54, 1.807) is 32.2 Å². The van der Waals surface area contributed by atoms with Gasteiger partial charge in [0.15, 0.2) is 0 Å². The van der Waals surface area contributed by atoms with Crippen LogP contribution in [0.2, 0.25) is 0 Å². The summed E-state index contributed by atoms with van der Waals surface area (Å²) in [6.45, 7) is 1.71. The van der Waals surface area contributed by atoms with Gasteiger partial charge in [-0.1, -0.05) is 5.16 Å². The minimum atomic E-state index is -0.329. The predicted octanol–water partition coefficient (Wildman–Crippen LogP) is 4.74. The molecule has 0 saturated carbocycles. The number of hydrogen-bond acceptors (Lipinski definition) is 6. The van der Waals surface area contributed by atoms with Crippen LogP contribution in [0.3, 0.4) is 0 Å². The molecule has 2 heterocycles. The molecule has 8 heteroatoms. The molecule has 0 aliphatic carbocycles. The zero-order valence-electron chi connectivity index (χ0n) is 13.8. The van der Waals surface area contributed by atoms with Crippen molar-refractivity contribution in [3.8, 4) is 22.1 Å². The number of thiophene rings is 1. The number of carbonyl (C=O) groups excluding carboxylic acids is 1. The Labute approximate surface area is 156 Å². The molecule has 0 aliphatic rings. The van der Waals surface area contributed by atoms with Gasteiger partial charge in [0.2, 0.25) is 0 Å². The van der Waals surface area contributed by atoms with Crippen LogP contribution >= 0.6 is 27.3 Å². The maximum atomic E-state index is 12.9. The van der Waals surface area contributed by atoms with Crippen molar-refractivity contribution in [2.45, 2.75) is 6.92 Å². The zero-order valence-corrected chi connectivity index (χ0v) is 16.2. The highest BCUT2D eigenvalue weighted by Crippen LogP contribution is 2.35. The second-order valence-electron chi connectivity index (χ2n) is 5.09. The molecule has 0 aliphatic heterocycles. The number of methoxy groups -OCH3 is 2. The molecule has 0 bridgehead atoms. The first-order valence-corrected chi connectivity index (χ1v) is 8.89. The first-order chi connectivity index (χ1) is 12.0. The van der Waals surface area contributed by atoms with Crippen LogP contribution < -0.4 is 14.8 Å². The van der Waals surface area contributed by atoms with Gasteiger partial charge in [-0.2, -0.15) is 0 Å². The van der Waals surface area contributed by atoms with Crippen molar-refractivity contribution in [3.05, 3.63) is 45.4 Å². The maximum absolute atomic E-state index is 12.9. The number of nitrogens with zero attached hydrogens (tertiary/aromatic N) is 1. The SMILES string of the molecule is COc1ccc(OC)c(NC(=O)c2c(-c3ccc(Br)s3)noc2C)c1. The molecule has 0 spiro atoms. The van der Waals surface area contributed by atoms with E-state index >= 15 is 0 Å². The molecular weight excluding hydrogens is 408 g/mol. The number of aromatic nitrogens is 1. The van der Waals surface area contributed by atoms with Crippen LogP contribution in [0.4, 0.5) is 5.69 Å². The van der Waals surface area contributed by atoms with Crippen molar-refractivity contribution in [2.24, 2.45) is 0 Å². The van der Waals surface area contributed by atoms with Gasteiger partial charge in [-0.15, -0.1) is 11.3 Å². The summed E-state index contributed by atoms with van der Waals surface area (Å²) in [5.74, 6) is 1.26. The van der Waals surface area contributed by atoms with Crippen molar-refractivity contribution in [3.63, 3.8) is 0 Å². The number of hydrogen-bond donors (Lipinski definition) is 1. The molecule has 25 heavy (non-hydrogen) atoms. The van der Waals surface area contributed by atoms with Gasteiger partial charge in [0.1, 0.15) is 28.5 Å². The monoisotopic (exact) mass is 422 g/mol. The molecule has 3 aromatic rings. The van der Waals surface area contributed by atoms with Crippen molar-refractivity contribution >= 4 is 38.9 Å². The number of rotatable bonds is 5. The summed E-state index contributed by atoms with van der Waals surface area (Å²) in [5.41, 5.74) is 1.40. The molecule has 130 valence electrons. The smallest absolute Gasteiger partial charge is 0.261 e. The van der Waals surface area contributed by atoms with E-state index in [1.165, 1.54) is 18.4 Å². The van der Waals surface area contributed by atoms with Crippen LogP contribution in [0.1, 0.15) is 16.1 Å². The van der Waals surface area contributed by atoms with E-state index in [2.05, 4.69) is 26.4 Å². The molecule has 0 atom stereocenters. The molecule has 0 radical (unpaired) electrons. The average molecular weight is 423 g/mol. The summed E-state index contributed by atoms with van der Waals surface area (Å²) in [5, 5.41) is 6.88. The highest BCUT2D eigenvalue weighted by atomic mass is 79.9.